The zero-order chi connectivity index (χ0) is 16.0. The molecule has 0 aliphatic carbocycles. The van der Waals surface area contributed by atoms with E-state index in [-0.39, 0.29) is 4.90 Å². The Hall–Kier alpha value is -2.61. The third-order valence-electron chi connectivity index (χ3n) is 2.76. The molecule has 0 aliphatic rings. The highest BCUT2D eigenvalue weighted by Crippen LogP contribution is 2.29. The van der Waals surface area contributed by atoms with Gasteiger partial charge in [-0.25, -0.2) is 4.83 Å². The number of aromatic nitrogens is 1. The first-order valence-electron chi connectivity index (χ1n) is 6.24. The molecule has 1 heterocycles. The normalized spacial score (nSPS) is 11.4. The van der Waals surface area contributed by atoms with Crippen LogP contribution in [0.25, 0.3) is 0 Å². The maximum Gasteiger partial charge on any atom is 0.276 e. The fourth-order valence-electron chi connectivity index (χ4n) is 1.66. The first kappa shape index (κ1) is 15.8. The molecular formula is C14H15N3O4S. The summed E-state index contributed by atoms with van der Waals surface area (Å²) < 4.78 is 34.5. The lowest BCUT2D eigenvalue weighted by atomic mass is 10.3. The van der Waals surface area contributed by atoms with E-state index < -0.39 is 10.0 Å². The molecule has 8 heteroatoms. The smallest absolute Gasteiger partial charge is 0.276 e. The monoisotopic (exact) mass is 321 g/mol. The predicted octanol–water partition coefficient (Wildman–Crippen LogP) is 1.41. The highest BCUT2D eigenvalue weighted by Gasteiger charge is 2.16. The van der Waals surface area contributed by atoms with Crippen LogP contribution in [-0.2, 0) is 10.0 Å². The lowest BCUT2D eigenvalue weighted by Gasteiger charge is -2.09. The number of hydrogen-bond donors (Lipinski definition) is 1. The Morgan fingerprint density at radius 2 is 1.77 bits per heavy atom. The second-order valence-electron chi connectivity index (χ2n) is 4.15. The predicted molar refractivity (Wildman–Crippen MR) is 81.7 cm³/mol. The Balaban J connectivity index is 2.18. The summed E-state index contributed by atoms with van der Waals surface area (Å²) in [4.78, 5) is 6.02. The van der Waals surface area contributed by atoms with Crippen molar-refractivity contribution in [1.82, 2.24) is 9.82 Å². The van der Waals surface area contributed by atoms with E-state index in [9.17, 15) is 8.42 Å². The quantitative estimate of drug-likeness (QED) is 0.642. The van der Waals surface area contributed by atoms with Crippen molar-refractivity contribution in [3.63, 3.8) is 0 Å². The summed E-state index contributed by atoms with van der Waals surface area (Å²) in [6, 6.07) is 7.69. The van der Waals surface area contributed by atoms with Crippen molar-refractivity contribution in [1.29, 1.82) is 0 Å². The van der Waals surface area contributed by atoms with Crippen LogP contribution in [0.1, 0.15) is 5.56 Å². The van der Waals surface area contributed by atoms with Gasteiger partial charge >= 0.3 is 0 Å². The van der Waals surface area contributed by atoms with Crippen LogP contribution in [0.3, 0.4) is 0 Å². The average molecular weight is 321 g/mol. The van der Waals surface area contributed by atoms with Crippen molar-refractivity contribution < 1.29 is 17.9 Å². The van der Waals surface area contributed by atoms with E-state index in [0.717, 1.165) is 5.56 Å². The minimum absolute atomic E-state index is 0.0250. The van der Waals surface area contributed by atoms with E-state index in [2.05, 4.69) is 14.9 Å². The van der Waals surface area contributed by atoms with E-state index in [1.165, 1.54) is 38.6 Å². The van der Waals surface area contributed by atoms with Crippen molar-refractivity contribution in [2.75, 3.05) is 14.2 Å². The molecule has 1 aromatic carbocycles. The molecule has 0 saturated heterocycles. The number of hydrazone groups is 1. The average Bonchev–Trinajstić information content (AvgIpc) is 2.55. The van der Waals surface area contributed by atoms with Crippen LogP contribution >= 0.6 is 0 Å². The Labute approximate surface area is 128 Å². The van der Waals surface area contributed by atoms with Crippen molar-refractivity contribution in [3.05, 3.63) is 48.3 Å². The minimum Gasteiger partial charge on any atom is -0.493 e. The van der Waals surface area contributed by atoms with Crippen LogP contribution in [0.4, 0.5) is 0 Å². The summed E-state index contributed by atoms with van der Waals surface area (Å²) in [7, 11) is -0.878. The molecule has 2 rings (SSSR count). The lowest BCUT2D eigenvalue weighted by molar-refractivity contribution is 0.354. The number of rotatable bonds is 6. The van der Waals surface area contributed by atoms with Gasteiger partial charge in [0.05, 0.1) is 25.3 Å². The van der Waals surface area contributed by atoms with E-state index >= 15 is 0 Å². The molecule has 0 bridgehead atoms. The fourth-order valence-corrected chi connectivity index (χ4v) is 2.46. The molecule has 116 valence electrons. The third kappa shape index (κ3) is 3.73. The van der Waals surface area contributed by atoms with Gasteiger partial charge in [0.1, 0.15) is 0 Å². The number of nitrogens with one attached hydrogen (secondary N) is 1. The SMILES string of the molecule is COc1ccc(S(=O)(=O)N/N=C/c2ccncc2)cc1OC. The molecule has 0 unspecified atom stereocenters. The molecule has 0 amide bonds. The van der Waals surface area contributed by atoms with Gasteiger partial charge in [0, 0.05) is 18.5 Å². The lowest BCUT2D eigenvalue weighted by Crippen LogP contribution is -2.18. The van der Waals surface area contributed by atoms with E-state index in [0.29, 0.717) is 11.5 Å². The Morgan fingerprint density at radius 3 is 2.41 bits per heavy atom. The van der Waals surface area contributed by atoms with Gasteiger partial charge in [-0.3, -0.25) is 4.98 Å². The summed E-state index contributed by atoms with van der Waals surface area (Å²) in [6.45, 7) is 0. The van der Waals surface area contributed by atoms with Crippen LogP contribution in [0.15, 0.2) is 52.7 Å². The summed E-state index contributed by atoms with van der Waals surface area (Å²) in [5, 5.41) is 3.72. The molecule has 1 N–H and O–H groups in total. The molecule has 0 spiro atoms. The van der Waals surface area contributed by atoms with Gasteiger partial charge in [-0.05, 0) is 29.8 Å². The van der Waals surface area contributed by atoms with E-state index in [1.54, 1.807) is 24.5 Å². The van der Waals surface area contributed by atoms with Crippen LogP contribution in [0, 0.1) is 0 Å². The molecule has 0 aliphatic heterocycles. The number of ether oxygens (including phenoxy) is 2. The standard InChI is InChI=1S/C14H15N3O4S/c1-20-13-4-3-12(9-14(13)21-2)22(18,19)17-16-10-11-5-7-15-8-6-11/h3-10,17H,1-2H3/b16-10+. The first-order chi connectivity index (χ1) is 10.6. The summed E-state index contributed by atoms with van der Waals surface area (Å²) in [6.07, 6.45) is 4.56. The second-order valence-corrected chi connectivity index (χ2v) is 5.81. The zero-order valence-electron chi connectivity index (χ0n) is 12.1. The van der Waals surface area contributed by atoms with Crippen molar-refractivity contribution in [3.8, 4) is 11.5 Å². The summed E-state index contributed by atoms with van der Waals surface area (Å²) in [5.41, 5.74) is 0.727. The molecule has 0 fully saturated rings. The summed E-state index contributed by atoms with van der Waals surface area (Å²) >= 11 is 0. The van der Waals surface area contributed by atoms with Gasteiger partial charge < -0.3 is 9.47 Å². The van der Waals surface area contributed by atoms with Crippen molar-refractivity contribution in [2.45, 2.75) is 4.90 Å². The van der Waals surface area contributed by atoms with Crippen molar-refractivity contribution in [2.24, 2.45) is 5.10 Å². The van der Waals surface area contributed by atoms with Gasteiger partial charge in [0.15, 0.2) is 11.5 Å². The number of methoxy groups -OCH3 is 2. The van der Waals surface area contributed by atoms with Crippen molar-refractivity contribution >= 4 is 16.2 Å². The maximum absolute atomic E-state index is 12.2. The van der Waals surface area contributed by atoms with Crippen LogP contribution in [0.5, 0.6) is 11.5 Å². The molecule has 22 heavy (non-hydrogen) atoms. The molecule has 2 aromatic rings. The maximum atomic E-state index is 12.2. The number of benzene rings is 1. The van der Waals surface area contributed by atoms with Gasteiger partial charge in [0.2, 0.25) is 0 Å². The van der Waals surface area contributed by atoms with Gasteiger partial charge in [0.25, 0.3) is 10.0 Å². The zero-order valence-corrected chi connectivity index (χ0v) is 12.9. The molecule has 7 nitrogen and oxygen atoms in total. The third-order valence-corrected chi connectivity index (χ3v) is 3.98. The highest BCUT2D eigenvalue weighted by molar-refractivity contribution is 7.89. The molecular weight excluding hydrogens is 306 g/mol. The van der Waals surface area contributed by atoms with Crippen LogP contribution < -0.4 is 14.3 Å². The summed E-state index contributed by atoms with van der Waals surface area (Å²) in [5.74, 6) is 0.769. The number of sulfonamides is 1. The first-order valence-corrected chi connectivity index (χ1v) is 7.72. The number of pyridine rings is 1. The Morgan fingerprint density at radius 1 is 1.09 bits per heavy atom. The van der Waals surface area contributed by atoms with Gasteiger partial charge in [-0.15, -0.1) is 0 Å². The molecule has 0 atom stereocenters. The fraction of sp³-hybridized carbons (Fsp3) is 0.143. The number of nitrogens with zero attached hydrogens (tertiary/aromatic N) is 2. The van der Waals surface area contributed by atoms with Gasteiger partial charge in [-0.1, -0.05) is 0 Å². The highest BCUT2D eigenvalue weighted by atomic mass is 32.2. The van der Waals surface area contributed by atoms with Gasteiger partial charge in [-0.2, -0.15) is 13.5 Å². The Bertz CT molecular complexity index is 761. The van der Waals surface area contributed by atoms with E-state index in [1.807, 2.05) is 0 Å². The number of hydrogen-bond acceptors (Lipinski definition) is 6. The molecule has 0 saturated carbocycles. The minimum atomic E-state index is -3.79. The molecule has 1 aromatic heterocycles. The molecule has 0 radical (unpaired) electrons. The van der Waals surface area contributed by atoms with E-state index in [4.69, 9.17) is 9.47 Å². The largest absolute Gasteiger partial charge is 0.493 e. The Kier molecular flexibility index (Phi) is 4.95. The van der Waals surface area contributed by atoms with Crippen LogP contribution in [0.2, 0.25) is 0 Å². The topological polar surface area (TPSA) is 89.9 Å². The second kappa shape index (κ2) is 6.90. The van der Waals surface area contributed by atoms with Crippen LogP contribution in [-0.4, -0.2) is 33.8 Å².